The summed E-state index contributed by atoms with van der Waals surface area (Å²) in [5.74, 6) is -1.15. The molecule has 0 amide bonds. The van der Waals surface area contributed by atoms with E-state index >= 15 is 0 Å². The highest BCUT2D eigenvalue weighted by molar-refractivity contribution is 5.91. The van der Waals surface area contributed by atoms with Gasteiger partial charge in [-0.15, -0.1) is 0 Å². The lowest BCUT2D eigenvalue weighted by atomic mass is 10.4. The van der Waals surface area contributed by atoms with Crippen molar-refractivity contribution in [3.63, 3.8) is 0 Å². The molecule has 0 aromatic rings. The first kappa shape index (κ1) is 10.4. The Hall–Kier alpha value is -1.14. The predicted octanol–water partition coefficient (Wildman–Crippen LogP) is -0.740. The first-order valence-corrected chi connectivity index (χ1v) is 4.78. The van der Waals surface area contributed by atoms with Crippen LogP contribution in [0.5, 0.6) is 0 Å². The second kappa shape index (κ2) is 4.59. The quantitative estimate of drug-likeness (QED) is 0.330. The average molecular weight is 216 g/mol. The fraction of sp³-hybridized carbons (Fsp3) is 0.778. The van der Waals surface area contributed by atoms with Crippen molar-refractivity contribution in [3.8, 4) is 0 Å². The van der Waals surface area contributed by atoms with Gasteiger partial charge in [0.2, 0.25) is 0 Å². The van der Waals surface area contributed by atoms with Gasteiger partial charge in [-0.1, -0.05) is 0 Å². The smallest absolute Gasteiger partial charge is 0.317 e. The summed E-state index contributed by atoms with van der Waals surface area (Å²) in [6.45, 7) is 1.68. The normalized spacial score (nSPS) is 26.9. The van der Waals surface area contributed by atoms with Gasteiger partial charge in [-0.25, -0.2) is 0 Å². The molecular weight excluding hydrogens is 204 g/mol. The van der Waals surface area contributed by atoms with Crippen LogP contribution in [0, 0.1) is 0 Å². The summed E-state index contributed by atoms with van der Waals surface area (Å²) in [6, 6.07) is 0. The molecule has 0 aromatic carbocycles. The lowest BCUT2D eigenvalue weighted by Gasteiger charge is -2.03. The summed E-state index contributed by atoms with van der Waals surface area (Å²) in [6.07, 6.45) is -0.311. The molecule has 6 heteroatoms. The Bertz CT molecular complexity index is 229. The van der Waals surface area contributed by atoms with E-state index in [1.165, 1.54) is 0 Å². The van der Waals surface area contributed by atoms with E-state index in [4.69, 9.17) is 18.9 Å². The van der Waals surface area contributed by atoms with Gasteiger partial charge in [0.1, 0.15) is 31.8 Å². The van der Waals surface area contributed by atoms with Crippen molar-refractivity contribution >= 4 is 11.9 Å². The van der Waals surface area contributed by atoms with Crippen molar-refractivity contribution in [2.75, 3.05) is 26.4 Å². The summed E-state index contributed by atoms with van der Waals surface area (Å²) < 4.78 is 19.2. The third kappa shape index (κ3) is 4.26. The predicted molar refractivity (Wildman–Crippen MR) is 46.0 cm³/mol. The summed E-state index contributed by atoms with van der Waals surface area (Å²) in [5.41, 5.74) is 0. The number of hydrogen-bond acceptors (Lipinski definition) is 6. The molecular formula is C9H12O6. The van der Waals surface area contributed by atoms with Crippen molar-refractivity contribution in [1.82, 2.24) is 0 Å². The topological polar surface area (TPSA) is 77.7 Å². The molecule has 0 saturated carbocycles. The van der Waals surface area contributed by atoms with E-state index in [1.54, 1.807) is 0 Å². The molecule has 0 N–H and O–H groups in total. The Morgan fingerprint density at radius 1 is 1.00 bits per heavy atom. The van der Waals surface area contributed by atoms with Crippen LogP contribution in [-0.2, 0) is 28.5 Å². The van der Waals surface area contributed by atoms with Gasteiger partial charge in [0, 0.05) is 0 Å². The van der Waals surface area contributed by atoms with Gasteiger partial charge in [0.05, 0.1) is 13.2 Å². The lowest BCUT2D eigenvalue weighted by molar-refractivity contribution is -0.155. The van der Waals surface area contributed by atoms with Crippen LogP contribution in [0.3, 0.4) is 0 Å². The summed E-state index contributed by atoms with van der Waals surface area (Å²) in [4.78, 5) is 22.1. The molecule has 2 aliphatic rings. The molecule has 0 aromatic heterocycles. The Labute approximate surface area is 86.4 Å². The van der Waals surface area contributed by atoms with Crippen molar-refractivity contribution in [3.05, 3.63) is 0 Å². The Kier molecular flexibility index (Phi) is 3.17. The third-order valence-corrected chi connectivity index (χ3v) is 1.95. The average Bonchev–Trinajstić information content (AvgIpc) is 3.04. The van der Waals surface area contributed by atoms with Gasteiger partial charge < -0.3 is 18.9 Å². The van der Waals surface area contributed by atoms with Gasteiger partial charge in [0.15, 0.2) is 0 Å². The monoisotopic (exact) mass is 216 g/mol. The minimum atomic E-state index is -0.577. The van der Waals surface area contributed by atoms with E-state index in [-0.39, 0.29) is 31.8 Å². The maximum Gasteiger partial charge on any atom is 0.317 e. The fourth-order valence-electron chi connectivity index (χ4n) is 0.920. The Morgan fingerprint density at radius 2 is 1.40 bits per heavy atom. The lowest BCUT2D eigenvalue weighted by Crippen LogP contribution is -2.17. The fourth-order valence-corrected chi connectivity index (χ4v) is 0.920. The maximum atomic E-state index is 11.0. The van der Waals surface area contributed by atoms with Gasteiger partial charge in [-0.05, 0) is 0 Å². The number of carbonyl (C=O) groups excluding carboxylic acids is 2. The van der Waals surface area contributed by atoms with Crippen LogP contribution in [-0.4, -0.2) is 50.6 Å². The minimum Gasteiger partial charge on any atom is -0.462 e. The standard InChI is InChI=1S/C9H12O6/c10-8(14-4-6-2-12-6)1-9(11)15-5-7-3-13-7/h6-7H,1-5H2. The second-order valence-corrected chi connectivity index (χ2v) is 3.45. The van der Waals surface area contributed by atoms with Crippen LogP contribution >= 0.6 is 0 Å². The molecule has 6 nitrogen and oxygen atoms in total. The zero-order chi connectivity index (χ0) is 10.7. The molecule has 84 valence electrons. The Balaban J connectivity index is 1.52. The molecule has 0 aliphatic carbocycles. The summed E-state index contributed by atoms with van der Waals surface area (Å²) in [5, 5.41) is 0. The molecule has 2 unspecified atom stereocenters. The van der Waals surface area contributed by atoms with E-state index in [1.807, 2.05) is 0 Å². The molecule has 15 heavy (non-hydrogen) atoms. The van der Waals surface area contributed by atoms with E-state index in [0.29, 0.717) is 13.2 Å². The number of ether oxygens (including phenoxy) is 4. The van der Waals surface area contributed by atoms with Gasteiger partial charge in [-0.2, -0.15) is 0 Å². The van der Waals surface area contributed by atoms with Crippen LogP contribution in [0.15, 0.2) is 0 Å². The number of rotatable bonds is 6. The van der Waals surface area contributed by atoms with Crippen molar-refractivity contribution in [1.29, 1.82) is 0 Å². The molecule has 0 bridgehead atoms. The molecule has 2 atom stereocenters. The van der Waals surface area contributed by atoms with Crippen molar-refractivity contribution in [2.24, 2.45) is 0 Å². The van der Waals surface area contributed by atoms with Crippen LogP contribution in [0.4, 0.5) is 0 Å². The minimum absolute atomic E-state index is 0.0184. The van der Waals surface area contributed by atoms with Crippen LogP contribution in [0.1, 0.15) is 6.42 Å². The van der Waals surface area contributed by atoms with E-state index < -0.39 is 11.9 Å². The molecule has 0 radical (unpaired) electrons. The number of hydrogen-bond donors (Lipinski definition) is 0. The summed E-state index contributed by atoms with van der Waals surface area (Å²) >= 11 is 0. The van der Waals surface area contributed by atoms with Crippen molar-refractivity contribution < 1.29 is 28.5 Å². The van der Waals surface area contributed by atoms with E-state index in [0.717, 1.165) is 0 Å². The first-order valence-electron chi connectivity index (χ1n) is 4.78. The molecule has 2 aliphatic heterocycles. The van der Waals surface area contributed by atoms with Gasteiger partial charge in [0.25, 0.3) is 0 Å². The highest BCUT2D eigenvalue weighted by Gasteiger charge is 2.26. The summed E-state index contributed by atoms with van der Waals surface area (Å²) in [7, 11) is 0. The highest BCUT2D eigenvalue weighted by Crippen LogP contribution is 2.10. The SMILES string of the molecule is O=C(CC(=O)OCC1CO1)OCC1CO1. The zero-order valence-electron chi connectivity index (χ0n) is 8.14. The van der Waals surface area contributed by atoms with Gasteiger partial charge in [-0.3, -0.25) is 9.59 Å². The van der Waals surface area contributed by atoms with E-state index in [9.17, 15) is 9.59 Å². The molecule has 2 heterocycles. The maximum absolute atomic E-state index is 11.0. The third-order valence-electron chi connectivity index (χ3n) is 1.95. The van der Waals surface area contributed by atoms with Crippen molar-refractivity contribution in [2.45, 2.75) is 18.6 Å². The molecule has 0 spiro atoms. The molecule has 2 fully saturated rings. The van der Waals surface area contributed by atoms with Gasteiger partial charge >= 0.3 is 11.9 Å². The zero-order valence-corrected chi connectivity index (χ0v) is 8.14. The van der Waals surface area contributed by atoms with Crippen LogP contribution in [0.25, 0.3) is 0 Å². The number of esters is 2. The second-order valence-electron chi connectivity index (χ2n) is 3.45. The number of carbonyl (C=O) groups is 2. The molecule has 2 rings (SSSR count). The van der Waals surface area contributed by atoms with E-state index in [2.05, 4.69) is 0 Å². The highest BCUT2D eigenvalue weighted by atomic mass is 16.6. The Morgan fingerprint density at radius 3 is 1.73 bits per heavy atom. The molecule has 2 saturated heterocycles. The largest absolute Gasteiger partial charge is 0.462 e. The first-order chi connectivity index (χ1) is 7.24. The van der Waals surface area contributed by atoms with Crippen LogP contribution < -0.4 is 0 Å². The van der Waals surface area contributed by atoms with Crippen LogP contribution in [0.2, 0.25) is 0 Å². The number of epoxide rings is 2.